The molecule has 0 fully saturated rings. The molecule has 1 heterocycles. The number of benzene rings is 2. The van der Waals surface area contributed by atoms with E-state index in [1.54, 1.807) is 19.1 Å². The molecule has 1 aromatic heterocycles. The molecule has 0 aliphatic carbocycles. The normalized spacial score (nSPS) is 11.0. The van der Waals surface area contributed by atoms with E-state index in [2.05, 4.69) is 16.2 Å². The lowest BCUT2D eigenvalue weighted by Crippen LogP contribution is -2.06. The molecule has 2 aromatic carbocycles. The third-order valence-corrected chi connectivity index (χ3v) is 4.90. The highest BCUT2D eigenvalue weighted by atomic mass is 16.5. The Hall–Kier alpha value is -2.96. The van der Waals surface area contributed by atoms with E-state index in [0.717, 1.165) is 41.4 Å². The minimum Gasteiger partial charge on any atom is -0.377 e. The van der Waals surface area contributed by atoms with Crippen molar-refractivity contribution >= 4 is 16.8 Å². The lowest BCUT2D eigenvalue weighted by Gasteiger charge is -2.09. The highest BCUT2D eigenvalue weighted by molar-refractivity contribution is 5.97. The second-order valence-corrected chi connectivity index (χ2v) is 7.17. The largest absolute Gasteiger partial charge is 0.377 e. The predicted molar refractivity (Wildman–Crippen MR) is 116 cm³/mol. The summed E-state index contributed by atoms with van der Waals surface area (Å²) in [6.45, 7) is 3.85. The molecule has 0 N–H and O–H groups in total. The van der Waals surface area contributed by atoms with Gasteiger partial charge in [0.25, 0.3) is 0 Å². The van der Waals surface area contributed by atoms with Gasteiger partial charge in [-0.3, -0.25) is 9.78 Å². The van der Waals surface area contributed by atoms with Gasteiger partial charge in [0.15, 0.2) is 0 Å². The third-order valence-electron chi connectivity index (χ3n) is 4.90. The maximum atomic E-state index is 11.7. The Morgan fingerprint density at radius 2 is 1.67 bits per heavy atom. The van der Waals surface area contributed by atoms with Gasteiger partial charge in [-0.1, -0.05) is 42.5 Å². The van der Waals surface area contributed by atoms with E-state index in [9.17, 15) is 9.70 Å². The summed E-state index contributed by atoms with van der Waals surface area (Å²) in [6, 6.07) is 17.5. The molecule has 6 nitrogen and oxygen atoms in total. The van der Waals surface area contributed by atoms with Crippen LogP contribution in [0, 0.1) is 11.8 Å². The number of para-hydroxylation sites is 1. The second-order valence-electron chi connectivity index (χ2n) is 7.17. The molecule has 0 aliphatic rings. The van der Waals surface area contributed by atoms with Gasteiger partial charge in [0.05, 0.1) is 30.0 Å². The van der Waals surface area contributed by atoms with Crippen molar-refractivity contribution in [3.63, 3.8) is 0 Å². The first-order valence-electron chi connectivity index (χ1n) is 10.2. The van der Waals surface area contributed by atoms with E-state index >= 15 is 0 Å². The molecule has 0 saturated heterocycles. The predicted octanol–water partition coefficient (Wildman–Crippen LogP) is 5.35. The van der Waals surface area contributed by atoms with Crippen LogP contribution in [-0.2, 0) is 22.7 Å². The van der Waals surface area contributed by atoms with Crippen LogP contribution in [0.3, 0.4) is 0 Å². The number of aromatic nitrogens is 1. The monoisotopic (exact) mass is 406 g/mol. The van der Waals surface area contributed by atoms with Crippen LogP contribution in [0.2, 0.25) is 0 Å². The molecule has 0 atom stereocenters. The minimum atomic E-state index is -0.746. The Labute approximate surface area is 176 Å². The summed E-state index contributed by atoms with van der Waals surface area (Å²) in [5.41, 5.74) is 3.70. The van der Waals surface area contributed by atoms with Gasteiger partial charge in [-0.2, -0.15) is 0 Å². The van der Waals surface area contributed by atoms with Crippen molar-refractivity contribution in [3.8, 4) is 0 Å². The summed E-state index contributed by atoms with van der Waals surface area (Å²) >= 11 is 0. The first-order chi connectivity index (χ1) is 14.7. The first kappa shape index (κ1) is 21.7. The zero-order valence-electron chi connectivity index (χ0n) is 17.2. The van der Waals surface area contributed by atoms with Crippen molar-refractivity contribution in [2.75, 3.05) is 13.2 Å². The first-order valence-corrected chi connectivity index (χ1v) is 10.2. The summed E-state index contributed by atoms with van der Waals surface area (Å²) in [5.74, 6) is -0.746. The molecular formula is C24H26N2O4. The summed E-state index contributed by atoms with van der Waals surface area (Å²) in [5, 5.41) is 3.67. The Morgan fingerprint density at radius 3 is 2.47 bits per heavy atom. The molecule has 3 aromatic rings. The van der Waals surface area contributed by atoms with Crippen LogP contribution in [0.5, 0.6) is 0 Å². The average Bonchev–Trinajstić information content (AvgIpc) is 2.77. The number of carbonyl (C=O) groups is 1. The number of hydrogen-bond acceptors (Lipinski definition) is 5. The fourth-order valence-electron chi connectivity index (χ4n) is 3.33. The molecule has 0 saturated carbocycles. The molecule has 156 valence electrons. The van der Waals surface area contributed by atoms with E-state index in [4.69, 9.17) is 9.47 Å². The SMILES string of the molecule is Cc1cccc(COCCCCCOCc2ccc3ccccc3n2)c1C(=O)N=O. The van der Waals surface area contributed by atoms with Gasteiger partial charge in [0, 0.05) is 23.8 Å². The summed E-state index contributed by atoms with van der Waals surface area (Å²) < 4.78 is 11.4. The molecule has 30 heavy (non-hydrogen) atoms. The molecular weight excluding hydrogens is 380 g/mol. The number of pyridine rings is 1. The van der Waals surface area contributed by atoms with Crippen molar-refractivity contribution in [2.24, 2.45) is 5.18 Å². The zero-order chi connectivity index (χ0) is 21.2. The topological polar surface area (TPSA) is 77.8 Å². The van der Waals surface area contributed by atoms with Crippen LogP contribution in [0.25, 0.3) is 10.9 Å². The molecule has 3 rings (SSSR count). The van der Waals surface area contributed by atoms with Crippen molar-refractivity contribution < 1.29 is 14.3 Å². The van der Waals surface area contributed by atoms with E-state index < -0.39 is 5.91 Å². The van der Waals surface area contributed by atoms with Gasteiger partial charge < -0.3 is 9.47 Å². The lowest BCUT2D eigenvalue weighted by atomic mass is 10.0. The number of fused-ring (bicyclic) bond motifs is 1. The van der Waals surface area contributed by atoms with Crippen LogP contribution in [0.4, 0.5) is 0 Å². The molecule has 0 aliphatic heterocycles. The highest BCUT2D eigenvalue weighted by Crippen LogP contribution is 2.17. The fourth-order valence-corrected chi connectivity index (χ4v) is 3.33. The standard InChI is InChI=1S/C24H26N2O4/c1-18-8-7-10-20(23(18)24(27)26-28)16-29-14-5-2-6-15-30-17-21-13-12-19-9-3-4-11-22(19)25-21/h3-4,7-13H,2,5-6,14-17H2,1H3. The molecule has 1 amide bonds. The maximum absolute atomic E-state index is 11.7. The van der Waals surface area contributed by atoms with Crippen LogP contribution in [0.15, 0.2) is 59.8 Å². The van der Waals surface area contributed by atoms with Crippen molar-refractivity contribution in [3.05, 3.63) is 81.9 Å². The quantitative estimate of drug-likeness (QED) is 0.317. The van der Waals surface area contributed by atoms with Gasteiger partial charge in [0.2, 0.25) is 0 Å². The van der Waals surface area contributed by atoms with Crippen LogP contribution in [-0.4, -0.2) is 24.1 Å². The molecule has 0 spiro atoms. The highest BCUT2D eigenvalue weighted by Gasteiger charge is 2.14. The van der Waals surface area contributed by atoms with Crippen molar-refractivity contribution in [1.82, 2.24) is 4.98 Å². The molecule has 6 heteroatoms. The Balaban J connectivity index is 1.30. The van der Waals surface area contributed by atoms with Gasteiger partial charge in [-0.15, -0.1) is 4.91 Å². The number of hydrogen-bond donors (Lipinski definition) is 0. The number of carbonyl (C=O) groups excluding carboxylic acids is 1. The van der Waals surface area contributed by atoms with E-state index in [1.165, 1.54) is 0 Å². The summed E-state index contributed by atoms with van der Waals surface area (Å²) in [4.78, 5) is 26.9. The Kier molecular flexibility index (Phi) is 8.18. The van der Waals surface area contributed by atoms with Crippen LogP contribution < -0.4 is 0 Å². The van der Waals surface area contributed by atoms with E-state index in [0.29, 0.717) is 37.6 Å². The van der Waals surface area contributed by atoms with Crippen molar-refractivity contribution in [2.45, 2.75) is 39.4 Å². The maximum Gasteiger partial charge on any atom is 0.317 e. The third kappa shape index (κ3) is 6.02. The summed E-state index contributed by atoms with van der Waals surface area (Å²) in [6.07, 6.45) is 2.83. The smallest absolute Gasteiger partial charge is 0.317 e. The van der Waals surface area contributed by atoms with Gasteiger partial charge in [0.1, 0.15) is 0 Å². The number of unbranched alkanes of at least 4 members (excludes halogenated alkanes) is 2. The molecule has 0 bridgehead atoms. The second kappa shape index (κ2) is 11.3. The van der Waals surface area contributed by atoms with Crippen molar-refractivity contribution in [1.29, 1.82) is 0 Å². The molecule has 0 radical (unpaired) electrons. The van der Waals surface area contributed by atoms with Crippen LogP contribution >= 0.6 is 0 Å². The minimum absolute atomic E-state index is 0.294. The summed E-state index contributed by atoms with van der Waals surface area (Å²) in [7, 11) is 0. The number of nitroso groups, excluding NO2 is 1. The fraction of sp³-hybridized carbons (Fsp3) is 0.333. The zero-order valence-corrected chi connectivity index (χ0v) is 17.2. The number of aryl methyl sites for hydroxylation is 1. The number of nitrogens with zero attached hydrogens (tertiary/aromatic N) is 2. The van der Waals surface area contributed by atoms with E-state index in [-0.39, 0.29) is 0 Å². The van der Waals surface area contributed by atoms with Crippen LogP contribution in [0.1, 0.15) is 46.4 Å². The van der Waals surface area contributed by atoms with Gasteiger partial charge in [-0.25, -0.2) is 0 Å². The van der Waals surface area contributed by atoms with E-state index in [1.807, 2.05) is 36.4 Å². The molecule has 0 unspecified atom stereocenters. The lowest BCUT2D eigenvalue weighted by molar-refractivity contribution is 0.0959. The Bertz CT molecular complexity index is 1000. The average molecular weight is 406 g/mol. The number of ether oxygens (including phenoxy) is 2. The Morgan fingerprint density at radius 1 is 0.900 bits per heavy atom. The van der Waals surface area contributed by atoms with Gasteiger partial charge >= 0.3 is 5.91 Å². The number of amides is 1. The van der Waals surface area contributed by atoms with Gasteiger partial charge in [-0.05, 0) is 49.4 Å². The number of rotatable bonds is 11.